The van der Waals surface area contributed by atoms with Gasteiger partial charge in [0.25, 0.3) is 16.8 Å². The molecule has 0 radical (unpaired) electrons. The Balaban J connectivity index is 1.96. The second-order valence-electron chi connectivity index (χ2n) is 5.05. The van der Waals surface area contributed by atoms with Gasteiger partial charge in [-0.25, -0.2) is 0 Å². The van der Waals surface area contributed by atoms with Crippen LogP contribution in [0.25, 0.3) is 0 Å². The second-order valence-corrected chi connectivity index (χ2v) is 6.10. The van der Waals surface area contributed by atoms with Gasteiger partial charge >= 0.3 is 0 Å². The Labute approximate surface area is 143 Å². The van der Waals surface area contributed by atoms with Gasteiger partial charge in [0, 0.05) is 22.9 Å². The van der Waals surface area contributed by atoms with E-state index in [4.69, 9.17) is 4.42 Å². The van der Waals surface area contributed by atoms with E-state index in [0.29, 0.717) is 16.7 Å². The fourth-order valence-corrected chi connectivity index (χ4v) is 2.85. The summed E-state index contributed by atoms with van der Waals surface area (Å²) in [4.78, 5) is 22.6. The van der Waals surface area contributed by atoms with E-state index in [2.05, 4.69) is 22.4 Å². The topological polar surface area (TPSA) is 111 Å². The molecule has 0 aliphatic carbocycles. The van der Waals surface area contributed by atoms with Crippen molar-refractivity contribution in [2.45, 2.75) is 38.5 Å². The average Bonchev–Trinajstić information content (AvgIpc) is 3.00. The zero-order valence-corrected chi connectivity index (χ0v) is 14.3. The first kappa shape index (κ1) is 17.9. The molecule has 0 atom stereocenters. The average molecular weight is 350 g/mol. The minimum Gasteiger partial charge on any atom is -0.414 e. The number of nitrogens with one attached hydrogen (secondary N) is 1. The van der Waals surface area contributed by atoms with Crippen LogP contribution in [0.1, 0.15) is 41.6 Å². The summed E-state index contributed by atoms with van der Waals surface area (Å²) in [5, 5.41) is 21.8. The Morgan fingerprint density at radius 3 is 2.92 bits per heavy atom. The van der Waals surface area contributed by atoms with Crippen molar-refractivity contribution >= 4 is 23.4 Å². The van der Waals surface area contributed by atoms with Crippen LogP contribution in [0.4, 0.5) is 5.69 Å². The monoisotopic (exact) mass is 350 g/mol. The van der Waals surface area contributed by atoms with E-state index in [9.17, 15) is 14.9 Å². The predicted molar refractivity (Wildman–Crippen MR) is 88.9 cm³/mol. The van der Waals surface area contributed by atoms with Gasteiger partial charge < -0.3 is 9.73 Å². The third-order valence-corrected chi connectivity index (χ3v) is 4.22. The molecule has 8 nitrogen and oxygen atoms in total. The molecule has 1 heterocycles. The van der Waals surface area contributed by atoms with Crippen molar-refractivity contribution in [1.29, 1.82) is 0 Å². The summed E-state index contributed by atoms with van der Waals surface area (Å²) in [5.74, 6) is 0.775. The van der Waals surface area contributed by atoms with Crippen molar-refractivity contribution in [3.8, 4) is 0 Å². The molecule has 1 aromatic carbocycles. The molecule has 2 aromatic rings. The van der Waals surface area contributed by atoms with Crippen LogP contribution in [0.3, 0.4) is 0 Å². The van der Waals surface area contributed by atoms with E-state index in [1.807, 2.05) is 0 Å². The lowest BCUT2D eigenvalue weighted by Crippen LogP contribution is -2.24. The highest BCUT2D eigenvalue weighted by molar-refractivity contribution is 7.99. The lowest BCUT2D eigenvalue weighted by Gasteiger charge is -2.06. The van der Waals surface area contributed by atoms with E-state index in [-0.39, 0.29) is 17.8 Å². The summed E-state index contributed by atoms with van der Waals surface area (Å²) < 4.78 is 5.43. The minimum absolute atomic E-state index is 0.0717. The molecule has 0 spiro atoms. The number of rotatable bonds is 8. The molecule has 24 heavy (non-hydrogen) atoms. The number of nitro benzene ring substituents is 1. The van der Waals surface area contributed by atoms with Crippen LogP contribution < -0.4 is 5.32 Å². The molecule has 1 amide bonds. The molecular formula is C15H18N4O4S. The van der Waals surface area contributed by atoms with Gasteiger partial charge in [-0.15, -0.1) is 10.2 Å². The smallest absolute Gasteiger partial charge is 0.276 e. The largest absolute Gasteiger partial charge is 0.414 e. The third-order valence-electron chi connectivity index (χ3n) is 3.32. The van der Waals surface area contributed by atoms with Crippen LogP contribution in [0.5, 0.6) is 0 Å². The molecule has 0 aliphatic heterocycles. The highest BCUT2D eigenvalue weighted by atomic mass is 32.2. The molecule has 0 unspecified atom stereocenters. The lowest BCUT2D eigenvalue weighted by molar-refractivity contribution is -0.385. The first-order chi connectivity index (χ1) is 11.5. The molecule has 2 rings (SSSR count). The van der Waals surface area contributed by atoms with Gasteiger partial charge in [-0.3, -0.25) is 14.9 Å². The number of hydrogen-bond acceptors (Lipinski definition) is 7. The Morgan fingerprint density at radius 1 is 1.42 bits per heavy atom. The van der Waals surface area contributed by atoms with Crippen molar-refractivity contribution in [3.63, 3.8) is 0 Å². The van der Waals surface area contributed by atoms with Crippen LogP contribution in [-0.4, -0.2) is 26.8 Å². The van der Waals surface area contributed by atoms with Gasteiger partial charge in [0.2, 0.25) is 5.89 Å². The Morgan fingerprint density at radius 2 is 2.21 bits per heavy atom. The van der Waals surface area contributed by atoms with Crippen LogP contribution in [0.15, 0.2) is 27.8 Å². The molecular weight excluding hydrogens is 332 g/mol. The number of nitro groups is 1. The van der Waals surface area contributed by atoms with Gasteiger partial charge in [0.15, 0.2) is 0 Å². The molecule has 0 saturated carbocycles. The number of nitrogens with zero attached hydrogens (tertiary/aromatic N) is 3. The van der Waals surface area contributed by atoms with Crippen molar-refractivity contribution < 1.29 is 14.1 Å². The second kappa shape index (κ2) is 8.44. The van der Waals surface area contributed by atoms with Gasteiger partial charge in [-0.05, 0) is 19.4 Å². The fourth-order valence-electron chi connectivity index (χ4n) is 1.99. The van der Waals surface area contributed by atoms with E-state index in [1.54, 1.807) is 6.92 Å². The summed E-state index contributed by atoms with van der Waals surface area (Å²) in [5.41, 5.74) is 0.484. The van der Waals surface area contributed by atoms with E-state index in [0.717, 1.165) is 18.6 Å². The van der Waals surface area contributed by atoms with Crippen LogP contribution in [-0.2, 0) is 6.54 Å². The summed E-state index contributed by atoms with van der Waals surface area (Å²) in [7, 11) is 0. The lowest BCUT2D eigenvalue weighted by atomic mass is 10.1. The maximum Gasteiger partial charge on any atom is 0.276 e. The molecule has 0 fully saturated rings. The Hall–Kier alpha value is -2.42. The highest BCUT2D eigenvalue weighted by Gasteiger charge is 2.18. The van der Waals surface area contributed by atoms with Gasteiger partial charge in [0.05, 0.1) is 11.5 Å². The van der Waals surface area contributed by atoms with Gasteiger partial charge in [-0.1, -0.05) is 31.2 Å². The number of unbranched alkanes of at least 4 members (excludes halogenated alkanes) is 1. The van der Waals surface area contributed by atoms with Crippen LogP contribution >= 0.6 is 11.8 Å². The Bertz CT molecular complexity index is 732. The first-order valence-electron chi connectivity index (χ1n) is 7.50. The molecule has 0 aliphatic rings. The summed E-state index contributed by atoms with van der Waals surface area (Å²) >= 11 is 1.48. The molecule has 9 heteroatoms. The predicted octanol–water partition coefficient (Wildman–Crippen LogP) is 3.11. The number of thioether (sulfide) groups is 1. The van der Waals surface area contributed by atoms with E-state index in [1.165, 1.54) is 30.0 Å². The summed E-state index contributed by atoms with van der Waals surface area (Å²) in [6, 6.07) is 4.39. The number of carbonyl (C=O) groups excluding carboxylic acids is 1. The Kier molecular flexibility index (Phi) is 6.30. The SMILES string of the molecule is CCCCSc1nnc(CNC(=O)c2cccc([N+](=O)[O-])c2C)o1. The first-order valence-corrected chi connectivity index (χ1v) is 8.48. The zero-order chi connectivity index (χ0) is 17.5. The third kappa shape index (κ3) is 4.54. The number of benzene rings is 1. The fraction of sp³-hybridized carbons (Fsp3) is 0.400. The molecule has 1 N–H and O–H groups in total. The van der Waals surface area contributed by atoms with Crippen molar-refractivity contribution in [3.05, 3.63) is 45.3 Å². The summed E-state index contributed by atoms with van der Waals surface area (Å²) in [6.07, 6.45) is 2.15. The maximum atomic E-state index is 12.2. The number of carbonyl (C=O) groups is 1. The number of aromatic nitrogens is 2. The van der Waals surface area contributed by atoms with Crippen molar-refractivity contribution in [1.82, 2.24) is 15.5 Å². The zero-order valence-electron chi connectivity index (χ0n) is 13.4. The highest BCUT2D eigenvalue weighted by Crippen LogP contribution is 2.21. The molecule has 0 bridgehead atoms. The van der Waals surface area contributed by atoms with Gasteiger partial charge in [0.1, 0.15) is 0 Å². The van der Waals surface area contributed by atoms with Crippen LogP contribution in [0.2, 0.25) is 0 Å². The molecule has 128 valence electrons. The van der Waals surface area contributed by atoms with Crippen molar-refractivity contribution in [2.24, 2.45) is 0 Å². The summed E-state index contributed by atoms with van der Waals surface area (Å²) in [6.45, 7) is 3.72. The standard InChI is InChI=1S/C15H18N4O4S/c1-3-4-8-24-15-18-17-13(23-15)9-16-14(20)11-6-5-7-12(10(11)2)19(21)22/h5-7H,3-4,8-9H2,1-2H3,(H,16,20). The van der Waals surface area contributed by atoms with E-state index < -0.39 is 10.8 Å². The normalized spacial score (nSPS) is 10.6. The number of amides is 1. The van der Waals surface area contributed by atoms with Gasteiger partial charge in [-0.2, -0.15) is 0 Å². The number of hydrogen-bond donors (Lipinski definition) is 1. The minimum atomic E-state index is -0.510. The molecule has 0 saturated heterocycles. The maximum absolute atomic E-state index is 12.2. The van der Waals surface area contributed by atoms with Crippen molar-refractivity contribution in [2.75, 3.05) is 5.75 Å². The molecule has 1 aromatic heterocycles. The van der Waals surface area contributed by atoms with Crippen LogP contribution in [0, 0.1) is 17.0 Å². The van der Waals surface area contributed by atoms with E-state index >= 15 is 0 Å². The quantitative estimate of drug-likeness (QED) is 0.337.